The Morgan fingerprint density at radius 3 is 2.31 bits per heavy atom. The van der Waals surface area contributed by atoms with Crippen molar-refractivity contribution in [2.45, 2.75) is 52.8 Å². The highest BCUT2D eigenvalue weighted by Gasteiger charge is 2.25. The van der Waals surface area contributed by atoms with Gasteiger partial charge in [0.2, 0.25) is 5.91 Å². The van der Waals surface area contributed by atoms with Gasteiger partial charge in [0.05, 0.1) is 21.2 Å². The maximum atomic E-state index is 13.9. The van der Waals surface area contributed by atoms with Crippen molar-refractivity contribution in [3.05, 3.63) is 91.4 Å². The van der Waals surface area contributed by atoms with Crippen LogP contribution in [0.25, 0.3) is 0 Å². The third kappa shape index (κ3) is 7.91. The average molecular weight is 677 g/mol. The smallest absolute Gasteiger partial charge is 0.257 e. The topological polar surface area (TPSA) is 78.5 Å². The summed E-state index contributed by atoms with van der Waals surface area (Å²) in [4.78, 5) is 41.4. The molecule has 42 heavy (non-hydrogen) atoms. The molecule has 1 fully saturated rings. The Hall–Kier alpha value is -2.94. The lowest BCUT2D eigenvalue weighted by Gasteiger charge is -2.32. The number of hydrogen-bond donors (Lipinski definition) is 2. The molecule has 3 aromatic carbocycles. The Labute approximate surface area is 264 Å². The number of benzene rings is 3. The van der Waals surface area contributed by atoms with Crippen LogP contribution in [-0.4, -0.2) is 36.9 Å². The number of carbonyl (C=O) groups is 3. The fourth-order valence-electron chi connectivity index (χ4n) is 4.67. The molecule has 0 aliphatic carbocycles. The van der Waals surface area contributed by atoms with Crippen LogP contribution in [0.1, 0.15) is 65.5 Å². The zero-order chi connectivity index (χ0) is 30.6. The van der Waals surface area contributed by atoms with Gasteiger partial charge >= 0.3 is 0 Å². The van der Waals surface area contributed by atoms with E-state index in [2.05, 4.69) is 26.6 Å². The predicted molar refractivity (Wildman–Crippen MR) is 171 cm³/mol. The average Bonchev–Trinajstić information content (AvgIpc) is 2.93. The first-order valence-corrected chi connectivity index (χ1v) is 15.3. The molecule has 6 nitrogen and oxygen atoms in total. The van der Waals surface area contributed by atoms with Crippen molar-refractivity contribution in [3.8, 4) is 0 Å². The lowest BCUT2D eigenvalue weighted by molar-refractivity contribution is -0.128. The summed E-state index contributed by atoms with van der Waals surface area (Å²) < 4.78 is 14.7. The molecule has 0 aromatic heterocycles. The number of alkyl halides is 1. The summed E-state index contributed by atoms with van der Waals surface area (Å²) in [6.45, 7) is 6.55. The molecule has 1 aliphatic rings. The Balaban J connectivity index is 1.60. The van der Waals surface area contributed by atoms with Crippen LogP contribution in [-0.2, 0) is 17.8 Å². The van der Waals surface area contributed by atoms with Gasteiger partial charge in [-0.05, 0) is 66.4 Å². The van der Waals surface area contributed by atoms with Gasteiger partial charge in [-0.15, -0.1) is 0 Å². The predicted octanol–water partition coefficient (Wildman–Crippen LogP) is 8.03. The molecule has 4 rings (SSSR count). The number of amides is 2. The van der Waals surface area contributed by atoms with Gasteiger partial charge in [-0.3, -0.25) is 14.4 Å². The number of halogens is 4. The molecule has 1 aliphatic heterocycles. The molecule has 0 spiro atoms. The number of nitrogens with zero attached hydrogens (tertiary/aromatic N) is 1. The minimum absolute atomic E-state index is 0.0529. The first-order chi connectivity index (χ1) is 19.8. The van der Waals surface area contributed by atoms with Crippen molar-refractivity contribution < 1.29 is 18.8 Å². The first-order valence-electron chi connectivity index (χ1n) is 13.7. The van der Waals surface area contributed by atoms with E-state index in [0.29, 0.717) is 54.0 Å². The van der Waals surface area contributed by atoms with E-state index in [1.807, 2.05) is 37.8 Å². The van der Waals surface area contributed by atoms with E-state index in [-0.39, 0.29) is 46.2 Å². The number of carbonyl (C=O) groups excluding carboxylic acids is 3. The van der Waals surface area contributed by atoms with Gasteiger partial charge in [0.1, 0.15) is 6.17 Å². The van der Waals surface area contributed by atoms with E-state index in [4.69, 9.17) is 23.2 Å². The van der Waals surface area contributed by atoms with Crippen LogP contribution in [0, 0.1) is 5.41 Å². The van der Waals surface area contributed by atoms with Gasteiger partial charge in [0.25, 0.3) is 5.91 Å². The van der Waals surface area contributed by atoms with Gasteiger partial charge in [0, 0.05) is 47.3 Å². The van der Waals surface area contributed by atoms with Gasteiger partial charge < -0.3 is 15.5 Å². The Morgan fingerprint density at radius 2 is 1.67 bits per heavy atom. The summed E-state index contributed by atoms with van der Waals surface area (Å²) in [5, 5.41) is 6.15. The van der Waals surface area contributed by atoms with Crippen molar-refractivity contribution in [2.75, 3.05) is 23.3 Å². The summed E-state index contributed by atoms with van der Waals surface area (Å²) in [7, 11) is 0. The van der Waals surface area contributed by atoms with Crippen molar-refractivity contribution in [1.29, 1.82) is 0 Å². The highest BCUT2D eigenvalue weighted by atomic mass is 79.9. The molecule has 0 bridgehead atoms. The molecular formula is C32H33BrCl2FN3O3. The van der Waals surface area contributed by atoms with E-state index in [1.165, 1.54) is 0 Å². The van der Waals surface area contributed by atoms with Crippen LogP contribution in [0.15, 0.2) is 59.1 Å². The minimum atomic E-state index is -0.856. The molecule has 0 unspecified atom stereocenters. The number of anilines is 2. The van der Waals surface area contributed by atoms with E-state index in [9.17, 15) is 18.8 Å². The quantitative estimate of drug-likeness (QED) is 0.237. The second kappa shape index (κ2) is 13.6. The van der Waals surface area contributed by atoms with Crippen molar-refractivity contribution in [2.24, 2.45) is 5.41 Å². The van der Waals surface area contributed by atoms with Crippen LogP contribution in [0.5, 0.6) is 0 Å². The third-order valence-electron chi connectivity index (χ3n) is 7.11. The van der Waals surface area contributed by atoms with E-state index in [1.54, 1.807) is 42.5 Å². The van der Waals surface area contributed by atoms with Crippen LogP contribution < -0.4 is 15.5 Å². The SMILES string of the molecule is CC(C)(C)C(=O)NCc1ccc(Cl)c(C(=O)Cc2ccc(N3CCC(F)CC3)c(C(=O)Nc3ccc(Br)cc3)c2)c1Cl. The van der Waals surface area contributed by atoms with Gasteiger partial charge in [-0.2, -0.15) is 0 Å². The highest BCUT2D eigenvalue weighted by Crippen LogP contribution is 2.32. The molecule has 2 amide bonds. The number of Topliss-reactive ketones (excluding diaryl/α,β-unsaturated/α-hetero) is 1. The summed E-state index contributed by atoms with van der Waals surface area (Å²) >= 11 is 16.5. The molecular weight excluding hydrogens is 644 g/mol. The van der Waals surface area contributed by atoms with E-state index in [0.717, 1.165) is 4.47 Å². The van der Waals surface area contributed by atoms with Crippen molar-refractivity contribution in [1.82, 2.24) is 5.32 Å². The summed E-state index contributed by atoms with van der Waals surface area (Å²) in [5.74, 6) is -0.804. The lowest BCUT2D eigenvalue weighted by Crippen LogP contribution is -2.35. The normalized spacial score (nSPS) is 14.0. The number of piperidine rings is 1. The molecule has 1 heterocycles. The molecule has 3 aromatic rings. The molecule has 10 heteroatoms. The standard InChI is InChI=1S/C32H33BrCl2FN3O3/c1-32(2,3)31(42)37-18-20-5-10-25(34)28(29(20)35)27(40)17-19-4-11-26(39-14-12-22(36)13-15-39)24(16-19)30(41)38-23-8-6-21(33)7-9-23/h4-11,16,22H,12-15,17-18H2,1-3H3,(H,37,42)(H,38,41). The molecule has 1 saturated heterocycles. The summed E-state index contributed by atoms with van der Waals surface area (Å²) in [6, 6.07) is 15.8. The Bertz CT molecular complexity index is 1480. The summed E-state index contributed by atoms with van der Waals surface area (Å²) in [5.41, 5.74) is 2.44. The minimum Gasteiger partial charge on any atom is -0.371 e. The largest absolute Gasteiger partial charge is 0.371 e. The number of hydrogen-bond acceptors (Lipinski definition) is 4. The first kappa shape index (κ1) is 32.0. The van der Waals surface area contributed by atoms with Gasteiger partial charge in [-0.1, -0.05) is 72.0 Å². The number of ketones is 1. The van der Waals surface area contributed by atoms with Crippen LogP contribution in [0.3, 0.4) is 0 Å². The van der Waals surface area contributed by atoms with Crippen molar-refractivity contribution >= 4 is 68.1 Å². The third-order valence-corrected chi connectivity index (χ3v) is 8.38. The van der Waals surface area contributed by atoms with E-state index >= 15 is 0 Å². The maximum Gasteiger partial charge on any atom is 0.257 e. The Morgan fingerprint density at radius 1 is 1.00 bits per heavy atom. The van der Waals surface area contributed by atoms with E-state index < -0.39 is 11.6 Å². The molecule has 0 atom stereocenters. The maximum absolute atomic E-state index is 13.9. The summed E-state index contributed by atoms with van der Waals surface area (Å²) in [6.07, 6.45) is -0.136. The zero-order valence-electron chi connectivity index (χ0n) is 23.7. The lowest BCUT2D eigenvalue weighted by atomic mass is 9.95. The van der Waals surface area contributed by atoms with Crippen LogP contribution in [0.2, 0.25) is 10.0 Å². The van der Waals surface area contributed by atoms with Crippen molar-refractivity contribution in [3.63, 3.8) is 0 Å². The fraction of sp³-hybridized carbons (Fsp3) is 0.344. The monoisotopic (exact) mass is 675 g/mol. The second-order valence-electron chi connectivity index (χ2n) is 11.4. The Kier molecular flexibility index (Phi) is 10.3. The molecule has 0 saturated carbocycles. The molecule has 0 radical (unpaired) electrons. The second-order valence-corrected chi connectivity index (χ2v) is 13.1. The molecule has 2 N–H and O–H groups in total. The number of nitrogens with one attached hydrogen (secondary N) is 2. The molecule has 222 valence electrons. The number of rotatable bonds is 8. The van der Waals surface area contributed by atoms with Crippen LogP contribution in [0.4, 0.5) is 15.8 Å². The van der Waals surface area contributed by atoms with Gasteiger partial charge in [0.15, 0.2) is 5.78 Å². The van der Waals surface area contributed by atoms with Crippen LogP contribution >= 0.6 is 39.1 Å². The highest BCUT2D eigenvalue weighted by molar-refractivity contribution is 9.10. The van der Waals surface area contributed by atoms with Gasteiger partial charge in [-0.25, -0.2) is 4.39 Å². The fourth-order valence-corrected chi connectivity index (χ4v) is 5.59. The zero-order valence-corrected chi connectivity index (χ0v) is 26.8.